The summed E-state index contributed by atoms with van der Waals surface area (Å²) in [6.07, 6.45) is 2.77. The number of imidazole rings is 2. The predicted molar refractivity (Wildman–Crippen MR) is 162 cm³/mol. The number of aromatic nitrogens is 5. The van der Waals surface area contributed by atoms with Gasteiger partial charge in [-0.2, -0.15) is 0 Å². The van der Waals surface area contributed by atoms with Crippen molar-refractivity contribution < 1.29 is 0 Å². The fourth-order valence-electron chi connectivity index (χ4n) is 6.02. The van der Waals surface area contributed by atoms with E-state index in [0.717, 1.165) is 61.8 Å². The molecule has 0 fully saturated rings. The smallest absolute Gasteiger partial charge is 0.109 e. The molecule has 0 aliphatic heterocycles. The quantitative estimate of drug-likeness (QED) is 0.236. The summed E-state index contributed by atoms with van der Waals surface area (Å²) in [5, 5.41) is 8.27. The minimum Gasteiger partial charge on any atom is -0.342 e. The van der Waals surface area contributed by atoms with Gasteiger partial charge in [0, 0.05) is 40.1 Å². The SMILES string of the molecule is CCc1nc2c(ccc3c4ccc(-c5ccc6c(c5)c5ncccc5c5nc(C(C)C)[nH]c65)cc4ccc32)[nH]1. The molecule has 5 nitrogen and oxygen atoms in total. The summed E-state index contributed by atoms with van der Waals surface area (Å²) in [4.78, 5) is 21.6. The summed E-state index contributed by atoms with van der Waals surface area (Å²) in [5.41, 5.74) is 7.58. The fraction of sp³-hybridized carbons (Fsp3) is 0.147. The molecule has 3 aromatic heterocycles. The molecule has 0 saturated carbocycles. The van der Waals surface area contributed by atoms with Crippen molar-refractivity contribution in [3.63, 3.8) is 0 Å². The molecular weight excluding hydrogens is 478 g/mol. The Morgan fingerprint density at radius 1 is 0.667 bits per heavy atom. The molecule has 0 amide bonds. The number of benzene rings is 5. The van der Waals surface area contributed by atoms with Crippen molar-refractivity contribution in [2.24, 2.45) is 0 Å². The van der Waals surface area contributed by atoms with E-state index in [1.165, 1.54) is 32.7 Å². The number of H-pyrrole nitrogens is 2. The molecule has 0 atom stereocenters. The van der Waals surface area contributed by atoms with Crippen molar-refractivity contribution >= 4 is 65.3 Å². The summed E-state index contributed by atoms with van der Waals surface area (Å²) in [6.45, 7) is 6.46. The third-order valence-electron chi connectivity index (χ3n) is 8.06. The number of fused-ring (bicyclic) bond motifs is 11. The number of nitrogens with zero attached hydrogens (tertiary/aromatic N) is 3. The van der Waals surface area contributed by atoms with Crippen LogP contribution in [0.2, 0.25) is 0 Å². The molecule has 0 unspecified atom stereocenters. The Morgan fingerprint density at radius 2 is 1.46 bits per heavy atom. The molecule has 0 aliphatic rings. The van der Waals surface area contributed by atoms with E-state index >= 15 is 0 Å². The standard InChI is InChI=1S/C34H27N5/c1-4-29-36-28-14-13-23-22-10-7-19(16-21(22)9-12-24(23)31(28)37-29)20-8-11-25-27(17-20)30-26(6-5-15-35-30)33-32(25)38-34(39-33)18(2)3/h5-18H,4H2,1-3H3,(H,36,37)(H,38,39). The fourth-order valence-corrected chi connectivity index (χ4v) is 6.02. The van der Waals surface area contributed by atoms with Crippen LogP contribution in [0.1, 0.15) is 38.3 Å². The van der Waals surface area contributed by atoms with Crippen LogP contribution in [0.3, 0.4) is 0 Å². The average molecular weight is 506 g/mol. The van der Waals surface area contributed by atoms with Crippen LogP contribution in [-0.4, -0.2) is 24.9 Å². The van der Waals surface area contributed by atoms with E-state index in [9.17, 15) is 0 Å². The summed E-state index contributed by atoms with van der Waals surface area (Å²) >= 11 is 0. The number of pyridine rings is 1. The molecule has 0 bridgehead atoms. The van der Waals surface area contributed by atoms with Gasteiger partial charge in [0.25, 0.3) is 0 Å². The normalized spacial score (nSPS) is 12.3. The van der Waals surface area contributed by atoms with Gasteiger partial charge in [-0.05, 0) is 57.6 Å². The van der Waals surface area contributed by atoms with Crippen LogP contribution in [0.15, 0.2) is 79.0 Å². The Labute approximate surface area is 224 Å². The predicted octanol–water partition coefficient (Wildman–Crippen LogP) is 8.80. The van der Waals surface area contributed by atoms with Gasteiger partial charge in [0.1, 0.15) is 11.6 Å². The first-order valence-electron chi connectivity index (χ1n) is 13.6. The van der Waals surface area contributed by atoms with Gasteiger partial charge in [-0.15, -0.1) is 0 Å². The lowest BCUT2D eigenvalue weighted by atomic mass is 9.95. The minimum absolute atomic E-state index is 0.324. The molecule has 0 spiro atoms. The van der Waals surface area contributed by atoms with Gasteiger partial charge in [0.05, 0.1) is 27.6 Å². The third-order valence-corrected chi connectivity index (χ3v) is 8.06. The van der Waals surface area contributed by atoms with E-state index in [1.54, 1.807) is 0 Å². The summed E-state index contributed by atoms with van der Waals surface area (Å²) in [6, 6.07) is 26.4. The van der Waals surface area contributed by atoms with Gasteiger partial charge in [0.2, 0.25) is 0 Å². The van der Waals surface area contributed by atoms with Crippen molar-refractivity contribution in [2.45, 2.75) is 33.1 Å². The first-order valence-corrected chi connectivity index (χ1v) is 13.6. The van der Waals surface area contributed by atoms with Crippen molar-refractivity contribution in [1.29, 1.82) is 0 Å². The van der Waals surface area contributed by atoms with Crippen LogP contribution < -0.4 is 0 Å². The molecule has 188 valence electrons. The molecule has 0 radical (unpaired) electrons. The number of aromatic amines is 2. The van der Waals surface area contributed by atoms with Crippen LogP contribution in [-0.2, 0) is 6.42 Å². The molecular formula is C34H27N5. The number of rotatable bonds is 3. The van der Waals surface area contributed by atoms with Crippen LogP contribution in [0.25, 0.3) is 76.4 Å². The van der Waals surface area contributed by atoms with Gasteiger partial charge >= 0.3 is 0 Å². The lowest BCUT2D eigenvalue weighted by Crippen LogP contribution is -1.88. The molecule has 8 aromatic rings. The second kappa shape index (κ2) is 8.11. The molecule has 2 N–H and O–H groups in total. The highest BCUT2D eigenvalue weighted by Gasteiger charge is 2.16. The van der Waals surface area contributed by atoms with E-state index in [0.29, 0.717) is 5.92 Å². The van der Waals surface area contributed by atoms with Crippen LogP contribution >= 0.6 is 0 Å². The van der Waals surface area contributed by atoms with Crippen LogP contribution in [0, 0.1) is 0 Å². The summed E-state index contributed by atoms with van der Waals surface area (Å²) < 4.78 is 0. The van der Waals surface area contributed by atoms with Crippen molar-refractivity contribution in [1.82, 2.24) is 24.9 Å². The lowest BCUT2D eigenvalue weighted by molar-refractivity contribution is 0.799. The molecule has 0 saturated heterocycles. The average Bonchev–Trinajstić information content (AvgIpc) is 3.62. The van der Waals surface area contributed by atoms with Crippen molar-refractivity contribution in [3.8, 4) is 11.1 Å². The van der Waals surface area contributed by atoms with Gasteiger partial charge in [-0.3, -0.25) is 4.98 Å². The highest BCUT2D eigenvalue weighted by molar-refractivity contribution is 6.22. The molecule has 5 aromatic carbocycles. The topological polar surface area (TPSA) is 70.2 Å². The lowest BCUT2D eigenvalue weighted by Gasteiger charge is -2.10. The Morgan fingerprint density at radius 3 is 2.31 bits per heavy atom. The Kier molecular flexibility index (Phi) is 4.63. The first kappa shape index (κ1) is 22.2. The van der Waals surface area contributed by atoms with Crippen molar-refractivity contribution in [2.75, 3.05) is 0 Å². The second-order valence-electron chi connectivity index (χ2n) is 10.8. The zero-order valence-corrected chi connectivity index (χ0v) is 22.1. The highest BCUT2D eigenvalue weighted by Crippen LogP contribution is 2.37. The Hall–Kier alpha value is -4.77. The molecule has 8 rings (SSSR count). The van der Waals surface area contributed by atoms with E-state index in [2.05, 4.69) is 97.5 Å². The summed E-state index contributed by atoms with van der Waals surface area (Å²) in [7, 11) is 0. The van der Waals surface area contributed by atoms with E-state index in [4.69, 9.17) is 15.0 Å². The number of nitrogens with one attached hydrogen (secondary N) is 2. The van der Waals surface area contributed by atoms with E-state index in [-0.39, 0.29) is 0 Å². The molecule has 5 heteroatoms. The van der Waals surface area contributed by atoms with Crippen LogP contribution in [0.4, 0.5) is 0 Å². The summed E-state index contributed by atoms with van der Waals surface area (Å²) in [5.74, 6) is 2.36. The maximum atomic E-state index is 4.95. The van der Waals surface area contributed by atoms with E-state index < -0.39 is 0 Å². The zero-order valence-electron chi connectivity index (χ0n) is 22.1. The first-order chi connectivity index (χ1) is 19.1. The minimum atomic E-state index is 0.324. The van der Waals surface area contributed by atoms with Crippen molar-refractivity contribution in [3.05, 3.63) is 90.6 Å². The van der Waals surface area contributed by atoms with E-state index in [1.807, 2.05) is 12.3 Å². The van der Waals surface area contributed by atoms with Gasteiger partial charge in [-0.25, -0.2) is 9.97 Å². The van der Waals surface area contributed by atoms with Gasteiger partial charge in [0.15, 0.2) is 0 Å². The molecule has 39 heavy (non-hydrogen) atoms. The molecule has 3 heterocycles. The third kappa shape index (κ3) is 3.23. The number of hydrogen-bond acceptors (Lipinski definition) is 3. The maximum absolute atomic E-state index is 4.95. The molecule has 0 aliphatic carbocycles. The second-order valence-corrected chi connectivity index (χ2v) is 10.8. The number of aryl methyl sites for hydroxylation is 1. The van der Waals surface area contributed by atoms with Crippen LogP contribution in [0.5, 0.6) is 0 Å². The highest BCUT2D eigenvalue weighted by atomic mass is 14.9. The Bertz CT molecular complexity index is 2250. The maximum Gasteiger partial charge on any atom is 0.109 e. The largest absolute Gasteiger partial charge is 0.342 e. The zero-order chi connectivity index (χ0) is 26.2. The number of hydrogen-bond donors (Lipinski definition) is 2. The Balaban J connectivity index is 1.33. The van der Waals surface area contributed by atoms with Gasteiger partial charge in [-0.1, -0.05) is 63.2 Å². The monoisotopic (exact) mass is 505 g/mol. The van der Waals surface area contributed by atoms with Gasteiger partial charge < -0.3 is 9.97 Å².